The summed E-state index contributed by atoms with van der Waals surface area (Å²) in [5, 5.41) is 0. The quantitative estimate of drug-likeness (QED) is 0.337. The highest BCUT2D eigenvalue weighted by Crippen LogP contribution is 2.19. The summed E-state index contributed by atoms with van der Waals surface area (Å²) in [6.07, 6.45) is 8.83. The molecule has 4 heteroatoms. The first kappa shape index (κ1) is 16.7. The molecule has 0 aromatic carbocycles. The number of guanidine groups is 1. The van der Waals surface area contributed by atoms with Crippen molar-refractivity contribution < 1.29 is 0 Å². The maximum Gasteiger partial charge on any atom is 0.195 e. The monoisotopic (exact) mass is 351 g/mol. The predicted octanol–water partition coefficient (Wildman–Crippen LogP) is 2.97. The summed E-state index contributed by atoms with van der Waals surface area (Å²) in [4.78, 5) is 8.77. The van der Waals surface area contributed by atoms with Gasteiger partial charge < -0.3 is 9.80 Å². The van der Waals surface area contributed by atoms with Crippen molar-refractivity contribution in [2.45, 2.75) is 32.1 Å². The molecular weight excluding hydrogens is 325 g/mol. The molecule has 0 heterocycles. The Balaban J connectivity index is 0.00000256. The van der Waals surface area contributed by atoms with Crippen LogP contribution in [0.1, 0.15) is 32.1 Å². The maximum absolute atomic E-state index is 4.64. The highest BCUT2D eigenvalue weighted by Gasteiger charge is 2.05. The van der Waals surface area contributed by atoms with E-state index in [1.54, 1.807) is 5.57 Å². The number of hydrogen-bond acceptors (Lipinski definition) is 1. The Morgan fingerprint density at radius 3 is 2.29 bits per heavy atom. The van der Waals surface area contributed by atoms with Crippen molar-refractivity contribution in [1.29, 1.82) is 0 Å². The summed E-state index contributed by atoms with van der Waals surface area (Å²) in [5.41, 5.74) is 1.60. The lowest BCUT2D eigenvalue weighted by molar-refractivity contribution is 0.479. The Morgan fingerprint density at radius 1 is 1.18 bits per heavy atom. The van der Waals surface area contributed by atoms with Gasteiger partial charge in [-0.15, -0.1) is 24.0 Å². The predicted molar refractivity (Wildman–Crippen MR) is 86.3 cm³/mol. The molecule has 0 unspecified atom stereocenters. The molecule has 1 aliphatic rings. The molecule has 0 atom stereocenters. The van der Waals surface area contributed by atoms with E-state index in [0.29, 0.717) is 0 Å². The van der Waals surface area contributed by atoms with Crippen LogP contribution in [-0.4, -0.2) is 50.5 Å². The highest BCUT2D eigenvalue weighted by molar-refractivity contribution is 14.0. The molecular formula is C13H26IN3. The average molecular weight is 351 g/mol. The molecule has 0 amide bonds. The van der Waals surface area contributed by atoms with Gasteiger partial charge in [0.05, 0.1) is 0 Å². The van der Waals surface area contributed by atoms with E-state index >= 15 is 0 Å². The van der Waals surface area contributed by atoms with Gasteiger partial charge in [-0.3, -0.25) is 4.99 Å². The number of allylic oxidation sites excluding steroid dienone is 1. The summed E-state index contributed by atoms with van der Waals surface area (Å²) >= 11 is 0. The molecule has 0 saturated heterocycles. The topological polar surface area (TPSA) is 18.8 Å². The normalized spacial score (nSPS) is 14.5. The lowest BCUT2D eigenvalue weighted by Gasteiger charge is -2.22. The van der Waals surface area contributed by atoms with Crippen molar-refractivity contribution in [2.24, 2.45) is 4.99 Å². The standard InChI is InChI=1S/C13H25N3.HI/c1-15(2)13(16(3)4)14-11-10-12-8-6-5-7-9-12;/h8H,5-7,9-11H2,1-4H3;1H. The maximum atomic E-state index is 4.64. The molecule has 0 saturated carbocycles. The Bertz CT molecular complexity index is 260. The van der Waals surface area contributed by atoms with Gasteiger partial charge in [0.1, 0.15) is 0 Å². The molecule has 0 radical (unpaired) electrons. The fourth-order valence-corrected chi connectivity index (χ4v) is 2.11. The lowest BCUT2D eigenvalue weighted by Crippen LogP contribution is -2.35. The number of halogens is 1. The van der Waals surface area contributed by atoms with Gasteiger partial charge in [-0.2, -0.15) is 0 Å². The molecule has 1 aliphatic carbocycles. The van der Waals surface area contributed by atoms with E-state index in [1.165, 1.54) is 25.7 Å². The van der Waals surface area contributed by atoms with Crippen molar-refractivity contribution in [3.63, 3.8) is 0 Å². The Labute approximate surface area is 123 Å². The zero-order valence-electron chi connectivity index (χ0n) is 11.6. The molecule has 0 bridgehead atoms. The molecule has 0 N–H and O–H groups in total. The van der Waals surface area contributed by atoms with Gasteiger partial charge in [0.2, 0.25) is 0 Å². The van der Waals surface area contributed by atoms with Crippen LogP contribution in [0.25, 0.3) is 0 Å². The molecule has 0 aromatic heterocycles. The van der Waals surface area contributed by atoms with Crippen LogP contribution in [0.5, 0.6) is 0 Å². The first-order valence-corrected chi connectivity index (χ1v) is 6.18. The van der Waals surface area contributed by atoms with Gasteiger partial charge in [-0.1, -0.05) is 11.6 Å². The first-order valence-electron chi connectivity index (χ1n) is 6.18. The zero-order chi connectivity index (χ0) is 12.0. The van der Waals surface area contributed by atoms with Gasteiger partial charge in [0, 0.05) is 34.7 Å². The second kappa shape index (κ2) is 8.78. The van der Waals surface area contributed by atoms with E-state index in [2.05, 4.69) is 20.9 Å². The fraction of sp³-hybridized carbons (Fsp3) is 0.769. The number of hydrogen-bond donors (Lipinski definition) is 0. The van der Waals surface area contributed by atoms with Gasteiger partial charge in [-0.25, -0.2) is 0 Å². The molecule has 0 spiro atoms. The third kappa shape index (κ3) is 6.29. The van der Waals surface area contributed by atoms with Crippen LogP contribution in [0.2, 0.25) is 0 Å². The zero-order valence-corrected chi connectivity index (χ0v) is 13.9. The van der Waals surface area contributed by atoms with E-state index in [9.17, 15) is 0 Å². The van der Waals surface area contributed by atoms with Crippen molar-refractivity contribution in [2.75, 3.05) is 34.7 Å². The van der Waals surface area contributed by atoms with Crippen LogP contribution in [-0.2, 0) is 0 Å². The molecule has 3 nitrogen and oxygen atoms in total. The smallest absolute Gasteiger partial charge is 0.195 e. The molecule has 0 aromatic rings. The fourth-order valence-electron chi connectivity index (χ4n) is 2.11. The Kier molecular flexibility index (Phi) is 8.64. The minimum absolute atomic E-state index is 0. The minimum atomic E-state index is 0. The van der Waals surface area contributed by atoms with Crippen molar-refractivity contribution >= 4 is 29.9 Å². The van der Waals surface area contributed by atoms with Crippen LogP contribution in [0.4, 0.5) is 0 Å². The average Bonchev–Trinajstić information content (AvgIpc) is 2.24. The van der Waals surface area contributed by atoms with Crippen LogP contribution in [0, 0.1) is 0 Å². The second-order valence-electron chi connectivity index (χ2n) is 4.83. The van der Waals surface area contributed by atoms with Gasteiger partial charge >= 0.3 is 0 Å². The second-order valence-corrected chi connectivity index (χ2v) is 4.83. The third-order valence-electron chi connectivity index (χ3n) is 2.87. The van der Waals surface area contributed by atoms with Crippen molar-refractivity contribution in [3.8, 4) is 0 Å². The van der Waals surface area contributed by atoms with Gasteiger partial charge in [0.15, 0.2) is 5.96 Å². The van der Waals surface area contributed by atoms with Crippen molar-refractivity contribution in [1.82, 2.24) is 9.80 Å². The number of nitrogens with zero attached hydrogens (tertiary/aromatic N) is 3. The minimum Gasteiger partial charge on any atom is -0.349 e. The summed E-state index contributed by atoms with van der Waals surface area (Å²) < 4.78 is 0. The Morgan fingerprint density at radius 2 is 1.82 bits per heavy atom. The molecule has 17 heavy (non-hydrogen) atoms. The summed E-state index contributed by atoms with van der Waals surface area (Å²) in [6.45, 7) is 0.914. The number of rotatable bonds is 3. The first-order chi connectivity index (χ1) is 7.61. The Hall–Kier alpha value is -0.260. The summed E-state index contributed by atoms with van der Waals surface area (Å²) in [6, 6.07) is 0. The van der Waals surface area contributed by atoms with Crippen LogP contribution in [0.15, 0.2) is 16.6 Å². The van der Waals surface area contributed by atoms with Crippen LogP contribution >= 0.6 is 24.0 Å². The number of aliphatic imine (C=N–C) groups is 1. The molecule has 1 rings (SSSR count). The van der Waals surface area contributed by atoms with Crippen LogP contribution < -0.4 is 0 Å². The lowest BCUT2D eigenvalue weighted by atomic mass is 9.97. The van der Waals surface area contributed by atoms with E-state index in [-0.39, 0.29) is 24.0 Å². The summed E-state index contributed by atoms with van der Waals surface area (Å²) in [7, 11) is 8.16. The van der Waals surface area contributed by atoms with Crippen molar-refractivity contribution in [3.05, 3.63) is 11.6 Å². The van der Waals surface area contributed by atoms with Crippen LogP contribution in [0.3, 0.4) is 0 Å². The summed E-state index contributed by atoms with van der Waals surface area (Å²) in [5.74, 6) is 1.05. The third-order valence-corrected chi connectivity index (χ3v) is 2.87. The van der Waals surface area contributed by atoms with E-state index in [0.717, 1.165) is 18.9 Å². The largest absolute Gasteiger partial charge is 0.349 e. The van der Waals surface area contributed by atoms with Gasteiger partial charge in [0.25, 0.3) is 0 Å². The molecule has 0 fully saturated rings. The van der Waals surface area contributed by atoms with E-state index in [1.807, 2.05) is 28.2 Å². The SMILES string of the molecule is CN(C)C(=NCCC1=CCCCC1)N(C)C.I. The molecule has 0 aliphatic heterocycles. The highest BCUT2D eigenvalue weighted by atomic mass is 127. The van der Waals surface area contributed by atoms with E-state index in [4.69, 9.17) is 0 Å². The van der Waals surface area contributed by atoms with E-state index < -0.39 is 0 Å². The van der Waals surface area contributed by atoms with Gasteiger partial charge in [-0.05, 0) is 32.1 Å². The molecule has 100 valence electrons.